The summed E-state index contributed by atoms with van der Waals surface area (Å²) in [6, 6.07) is 1.91. The number of phenolic OH excluding ortho intramolecular Hbond substituents is 2. The zero-order valence-corrected chi connectivity index (χ0v) is 24.6. The molecule has 2 aliphatic heterocycles. The lowest BCUT2D eigenvalue weighted by atomic mass is 9.72. The van der Waals surface area contributed by atoms with Crippen molar-refractivity contribution in [3.63, 3.8) is 0 Å². The molecule has 2 aromatic rings. The van der Waals surface area contributed by atoms with E-state index >= 15 is 0 Å². The van der Waals surface area contributed by atoms with Gasteiger partial charge in [-0.3, -0.25) is 9.59 Å². The maximum atomic E-state index is 14.2. The zero-order valence-electron chi connectivity index (χ0n) is 23.0. The van der Waals surface area contributed by atoms with Gasteiger partial charge in [-0.15, -0.1) is 0 Å². The number of aliphatic hydroxyl groups is 3. The van der Waals surface area contributed by atoms with E-state index in [0.717, 1.165) is 0 Å². The number of likely N-dealkylation sites (N-methyl/N-ethyl adjacent to an activating group) is 1. The number of phenols is 2. The molecule has 4 aliphatic rings. The number of fused-ring (bicyclic) bond motifs is 8. The summed E-state index contributed by atoms with van der Waals surface area (Å²) in [5.74, 6) is -2.54. The van der Waals surface area contributed by atoms with E-state index in [1.54, 1.807) is 32.8 Å². The summed E-state index contributed by atoms with van der Waals surface area (Å²) in [7, 11) is 3.37. The van der Waals surface area contributed by atoms with Crippen molar-refractivity contribution < 1.29 is 49.3 Å². The molecule has 7 atom stereocenters. The standard InChI is InChI=1S/C29H32BrNO10/c1-28(38)9-11-7-12-17(22(34)16(11)15(10-28)39-6-5-30)23(35)18-14(32)8-13-25(19(18)21(12)33)40-27-24(36)20(31(3)4)26(37)29(13,2)41-27/h7-8,15,20,24,26-27,32,34,36-38H,5-6,9-10H2,1-4H3. The fraction of sp³-hybridized carbons (Fsp3) is 0.517. The molecule has 12 heteroatoms. The van der Waals surface area contributed by atoms with Crippen LogP contribution >= 0.6 is 15.9 Å². The third kappa shape index (κ3) is 3.99. The number of nitrogens with zero attached hydrogens (tertiary/aromatic N) is 1. The van der Waals surface area contributed by atoms with Crippen molar-refractivity contribution in [1.29, 1.82) is 0 Å². The van der Waals surface area contributed by atoms with E-state index in [9.17, 15) is 35.1 Å². The van der Waals surface area contributed by atoms with E-state index in [0.29, 0.717) is 16.5 Å². The molecular weight excluding hydrogens is 602 g/mol. The summed E-state index contributed by atoms with van der Waals surface area (Å²) in [6.45, 7) is 3.49. The monoisotopic (exact) mass is 633 g/mol. The van der Waals surface area contributed by atoms with Crippen LogP contribution in [-0.2, 0) is 21.5 Å². The third-order valence-electron chi connectivity index (χ3n) is 8.77. The fourth-order valence-electron chi connectivity index (χ4n) is 6.89. The van der Waals surface area contributed by atoms with E-state index in [1.807, 2.05) is 0 Å². The number of ketones is 2. The van der Waals surface area contributed by atoms with Gasteiger partial charge < -0.3 is 44.6 Å². The summed E-state index contributed by atoms with van der Waals surface area (Å²) < 4.78 is 17.8. The molecule has 0 amide bonds. The second-order valence-corrected chi connectivity index (χ2v) is 12.7. The number of alkyl halides is 1. The number of ether oxygens (including phenoxy) is 3. The highest BCUT2D eigenvalue weighted by Gasteiger charge is 2.59. The lowest BCUT2D eigenvalue weighted by Crippen LogP contribution is -2.68. The predicted molar refractivity (Wildman–Crippen MR) is 147 cm³/mol. The van der Waals surface area contributed by atoms with Gasteiger partial charge in [0.15, 0.2) is 5.78 Å². The van der Waals surface area contributed by atoms with Crippen LogP contribution < -0.4 is 4.74 Å². The number of halogens is 1. The highest BCUT2D eigenvalue weighted by Crippen LogP contribution is 2.54. The van der Waals surface area contributed by atoms with Crippen molar-refractivity contribution in [3.8, 4) is 17.2 Å². The molecule has 11 nitrogen and oxygen atoms in total. The smallest absolute Gasteiger partial charge is 0.228 e. The molecular formula is C29H32BrNO10. The quantitative estimate of drug-likeness (QED) is 0.265. The summed E-state index contributed by atoms with van der Waals surface area (Å²) in [5, 5.41) is 56.3. The van der Waals surface area contributed by atoms with E-state index in [-0.39, 0.29) is 53.0 Å². The molecule has 0 aromatic heterocycles. The Morgan fingerprint density at radius 1 is 1.10 bits per heavy atom. The number of hydrogen-bond acceptors (Lipinski definition) is 11. The number of rotatable bonds is 4. The first-order valence-electron chi connectivity index (χ1n) is 13.4. The van der Waals surface area contributed by atoms with E-state index in [4.69, 9.17) is 14.2 Å². The normalized spacial score (nSPS) is 33.5. The molecule has 2 aromatic carbocycles. The molecule has 1 fully saturated rings. The van der Waals surface area contributed by atoms with Crippen molar-refractivity contribution in [2.24, 2.45) is 0 Å². The van der Waals surface area contributed by atoms with Crippen molar-refractivity contribution in [2.75, 3.05) is 26.0 Å². The van der Waals surface area contributed by atoms with Crippen LogP contribution in [-0.4, -0.2) is 98.2 Å². The molecule has 6 rings (SSSR count). The van der Waals surface area contributed by atoms with Crippen LogP contribution in [0.25, 0.3) is 0 Å². The lowest BCUT2D eigenvalue weighted by Gasteiger charge is -2.53. The van der Waals surface area contributed by atoms with Gasteiger partial charge in [0.2, 0.25) is 12.1 Å². The van der Waals surface area contributed by atoms with Crippen LogP contribution in [0.1, 0.15) is 74.9 Å². The Kier molecular flexibility index (Phi) is 6.59. The van der Waals surface area contributed by atoms with E-state index in [2.05, 4.69) is 15.9 Å². The van der Waals surface area contributed by atoms with E-state index < -0.39 is 64.9 Å². The van der Waals surface area contributed by atoms with Crippen LogP contribution in [0.2, 0.25) is 0 Å². The van der Waals surface area contributed by atoms with Gasteiger partial charge in [0.1, 0.15) is 35.1 Å². The summed E-state index contributed by atoms with van der Waals surface area (Å²) in [5.41, 5.74) is -2.73. The van der Waals surface area contributed by atoms with Crippen LogP contribution in [0, 0.1) is 0 Å². The second kappa shape index (κ2) is 9.46. The van der Waals surface area contributed by atoms with Crippen LogP contribution in [0.4, 0.5) is 0 Å². The number of carbonyl (C=O) groups is 2. The van der Waals surface area contributed by atoms with Gasteiger partial charge in [0.25, 0.3) is 0 Å². The molecule has 2 bridgehead atoms. The largest absolute Gasteiger partial charge is 0.507 e. The molecule has 7 unspecified atom stereocenters. The van der Waals surface area contributed by atoms with Gasteiger partial charge in [0.05, 0.1) is 41.0 Å². The first kappa shape index (κ1) is 28.5. The number of carbonyl (C=O) groups excluding carboxylic acids is 2. The van der Waals surface area contributed by atoms with Crippen molar-refractivity contribution >= 4 is 27.5 Å². The topological polar surface area (TPSA) is 166 Å². The molecule has 41 heavy (non-hydrogen) atoms. The van der Waals surface area contributed by atoms with Crippen LogP contribution in [0.15, 0.2) is 12.1 Å². The van der Waals surface area contributed by atoms with Crippen molar-refractivity contribution in [2.45, 2.75) is 68.5 Å². The van der Waals surface area contributed by atoms with Gasteiger partial charge in [-0.25, -0.2) is 0 Å². The summed E-state index contributed by atoms with van der Waals surface area (Å²) in [4.78, 5) is 29.7. The first-order chi connectivity index (χ1) is 19.2. The Bertz CT molecular complexity index is 1490. The van der Waals surface area contributed by atoms with E-state index in [1.165, 1.54) is 12.1 Å². The highest BCUT2D eigenvalue weighted by molar-refractivity contribution is 9.09. The number of aromatic hydroxyl groups is 2. The lowest BCUT2D eigenvalue weighted by molar-refractivity contribution is -0.311. The predicted octanol–water partition coefficient (Wildman–Crippen LogP) is 1.64. The third-order valence-corrected chi connectivity index (χ3v) is 9.09. The Labute approximate surface area is 244 Å². The van der Waals surface area contributed by atoms with Crippen LogP contribution in [0.5, 0.6) is 17.2 Å². The Morgan fingerprint density at radius 3 is 2.46 bits per heavy atom. The highest BCUT2D eigenvalue weighted by atomic mass is 79.9. The molecule has 0 saturated carbocycles. The van der Waals surface area contributed by atoms with Crippen LogP contribution in [0.3, 0.4) is 0 Å². The zero-order chi connectivity index (χ0) is 29.8. The minimum atomic E-state index is -1.50. The van der Waals surface area contributed by atoms with Gasteiger partial charge in [0, 0.05) is 34.9 Å². The summed E-state index contributed by atoms with van der Waals surface area (Å²) in [6.07, 6.45) is -4.32. The number of aliphatic hydroxyl groups excluding tert-OH is 2. The average molecular weight is 634 g/mol. The van der Waals surface area contributed by atoms with Gasteiger partial charge in [-0.2, -0.15) is 0 Å². The molecule has 1 saturated heterocycles. The number of benzene rings is 2. The SMILES string of the molecule is CN(C)C1C(O)C2Oc3c(cc(O)c4c3C(=O)c3cc5c(c(O)c3C4=O)C(OCCBr)CC(C)(O)C5)C(C)(O2)C1O. The molecule has 220 valence electrons. The maximum absolute atomic E-state index is 14.2. The average Bonchev–Trinajstić information content (AvgIpc) is 2.88. The maximum Gasteiger partial charge on any atom is 0.228 e. The van der Waals surface area contributed by atoms with Crippen molar-refractivity contribution in [3.05, 3.63) is 51.1 Å². The molecule has 2 aliphatic carbocycles. The Balaban J connectivity index is 1.55. The van der Waals surface area contributed by atoms with Gasteiger partial charge in [-0.1, -0.05) is 15.9 Å². The number of hydrogen-bond donors (Lipinski definition) is 5. The Morgan fingerprint density at radius 2 is 1.80 bits per heavy atom. The molecule has 5 N–H and O–H groups in total. The Hall–Kier alpha value is -2.58. The molecule has 0 radical (unpaired) electrons. The second-order valence-electron chi connectivity index (χ2n) is 11.9. The minimum Gasteiger partial charge on any atom is -0.507 e. The molecule has 2 heterocycles. The first-order valence-corrected chi connectivity index (χ1v) is 14.5. The van der Waals surface area contributed by atoms with Crippen molar-refractivity contribution in [1.82, 2.24) is 4.90 Å². The van der Waals surface area contributed by atoms with Gasteiger partial charge >= 0.3 is 0 Å². The summed E-state index contributed by atoms with van der Waals surface area (Å²) >= 11 is 3.30. The fourth-order valence-corrected chi connectivity index (χ4v) is 7.08. The van der Waals surface area contributed by atoms with Gasteiger partial charge in [-0.05, 0) is 45.6 Å². The minimum absolute atomic E-state index is 0.0846. The molecule has 0 spiro atoms.